The summed E-state index contributed by atoms with van der Waals surface area (Å²) in [5.41, 5.74) is 13.9. The van der Waals surface area contributed by atoms with Crippen LogP contribution in [0.15, 0.2) is 24.3 Å². The van der Waals surface area contributed by atoms with Crippen molar-refractivity contribution in [3.63, 3.8) is 0 Å². The van der Waals surface area contributed by atoms with Gasteiger partial charge in [-0.25, -0.2) is 0 Å². The Morgan fingerprint density at radius 2 is 1.18 bits per heavy atom. The lowest BCUT2D eigenvalue weighted by Gasteiger charge is -2.10. The number of nitrogens with zero attached hydrogens (tertiary/aromatic N) is 1. The molecule has 4 heteroatoms. The van der Waals surface area contributed by atoms with E-state index in [1.807, 2.05) is 4.91 Å². The van der Waals surface area contributed by atoms with Crippen molar-refractivity contribution in [1.29, 1.82) is 11.1 Å². The Bertz CT molecular complexity index is 215. The lowest BCUT2D eigenvalue weighted by molar-refractivity contribution is 0.399. The second-order valence-electron chi connectivity index (χ2n) is 1.69. The van der Waals surface area contributed by atoms with Gasteiger partial charge in [-0.15, -0.1) is 0 Å². The van der Waals surface area contributed by atoms with Gasteiger partial charge in [0.15, 0.2) is 0 Å². The van der Waals surface area contributed by atoms with Crippen molar-refractivity contribution in [3.8, 4) is 11.1 Å². The molecule has 0 heterocycles. The number of hydrogen-bond donors (Lipinski definition) is 3. The fourth-order valence-corrected chi connectivity index (χ4v) is 0.663. The van der Waals surface area contributed by atoms with E-state index in [2.05, 4.69) is 24.3 Å². The topological polar surface area (TPSA) is 82.0 Å². The van der Waals surface area contributed by atoms with Crippen LogP contribution in [0.5, 0.6) is 0 Å². The molecule has 0 unspecified atom stereocenters. The zero-order valence-corrected chi connectivity index (χ0v) is 6.20. The van der Waals surface area contributed by atoms with Crippen LogP contribution in [0.1, 0.15) is 0 Å². The summed E-state index contributed by atoms with van der Waals surface area (Å²) < 4.78 is 0. The highest BCUT2D eigenvalue weighted by Gasteiger charge is 2.03. The molecular weight excluding hydrogens is 142 g/mol. The maximum absolute atomic E-state index is 7.00. The van der Waals surface area contributed by atoms with Gasteiger partial charge in [0.25, 0.3) is 0 Å². The summed E-state index contributed by atoms with van der Waals surface area (Å²) >= 11 is 0. The number of fused-ring (bicyclic) bond motifs is 1. The highest BCUT2D eigenvalue weighted by molar-refractivity contribution is 5.75. The second-order valence-corrected chi connectivity index (χ2v) is 1.69. The van der Waals surface area contributed by atoms with Gasteiger partial charge < -0.3 is 5.11 Å². The molecule has 0 fully saturated rings. The SMILES string of the molecule is CO.N=[N+]=N.c1cc2ccc1-2. The average molecular weight is 152 g/mol. The van der Waals surface area contributed by atoms with Gasteiger partial charge in [0, 0.05) is 7.11 Å². The Kier molecular flexibility index (Phi) is 4.56. The van der Waals surface area contributed by atoms with Gasteiger partial charge in [-0.3, -0.25) is 0 Å². The largest absolute Gasteiger partial charge is 0.400 e. The first-order valence-corrected chi connectivity index (χ1v) is 2.97. The lowest BCUT2D eigenvalue weighted by Crippen LogP contribution is -1.85. The highest BCUT2D eigenvalue weighted by Crippen LogP contribution is 2.29. The molecule has 2 rings (SSSR count). The maximum atomic E-state index is 7.00. The number of aliphatic hydroxyl groups excluding tert-OH is 1. The summed E-state index contributed by atoms with van der Waals surface area (Å²) in [6, 6.07) is 8.48. The maximum Gasteiger partial charge on any atom is 0.211 e. The molecule has 0 atom stereocenters. The number of hydrogen-bond acceptors (Lipinski definition) is 3. The average Bonchev–Trinajstić information content (AvgIpc) is 2.02. The molecule has 11 heavy (non-hydrogen) atoms. The van der Waals surface area contributed by atoms with E-state index in [4.69, 9.17) is 16.2 Å². The Morgan fingerprint density at radius 3 is 1.18 bits per heavy atom. The van der Waals surface area contributed by atoms with Crippen LogP contribution in [0.25, 0.3) is 11.1 Å². The van der Waals surface area contributed by atoms with Crippen molar-refractivity contribution in [2.24, 2.45) is 0 Å². The first kappa shape index (κ1) is 9.49. The van der Waals surface area contributed by atoms with Crippen LogP contribution in [-0.2, 0) is 0 Å². The smallest absolute Gasteiger partial charge is 0.211 e. The minimum absolute atomic E-state index is 1.00. The fraction of sp³-hybridized carbons (Fsp3) is 0.143. The van der Waals surface area contributed by atoms with Crippen molar-refractivity contribution < 1.29 is 5.11 Å². The first-order valence-electron chi connectivity index (χ1n) is 2.97. The zero-order chi connectivity index (χ0) is 8.69. The number of benzene rings is 1. The van der Waals surface area contributed by atoms with Gasteiger partial charge in [-0.1, -0.05) is 24.3 Å². The highest BCUT2D eigenvalue weighted by atomic mass is 16.2. The van der Waals surface area contributed by atoms with Crippen molar-refractivity contribution in [2.75, 3.05) is 7.11 Å². The standard InChI is InChI=1S/C6H4.CH4O.H2N3/c1-2-6-4-3-5(1)6;1-2;1-3-2/h1-4H;2H,1H3;1-2H/q;;+1. The molecule has 4 nitrogen and oxygen atoms in total. The van der Waals surface area contributed by atoms with Crippen molar-refractivity contribution in [1.82, 2.24) is 4.91 Å². The van der Waals surface area contributed by atoms with Crippen LogP contribution in [-0.4, -0.2) is 12.2 Å². The van der Waals surface area contributed by atoms with Crippen molar-refractivity contribution in [3.05, 3.63) is 24.3 Å². The van der Waals surface area contributed by atoms with Gasteiger partial charge >= 0.3 is 0 Å². The molecule has 0 aromatic rings. The van der Waals surface area contributed by atoms with Crippen molar-refractivity contribution in [2.45, 2.75) is 0 Å². The molecule has 58 valence electrons. The van der Waals surface area contributed by atoms with E-state index in [-0.39, 0.29) is 0 Å². The molecule has 0 spiro atoms. The Morgan fingerprint density at radius 1 is 1.00 bits per heavy atom. The Hall–Kier alpha value is -1.51. The van der Waals surface area contributed by atoms with Crippen LogP contribution >= 0.6 is 0 Å². The molecule has 0 bridgehead atoms. The predicted octanol–water partition coefficient (Wildman–Crippen LogP) is 1.39. The third-order valence-electron chi connectivity index (χ3n) is 1.22. The minimum atomic E-state index is 1.00. The summed E-state index contributed by atoms with van der Waals surface area (Å²) in [5, 5.41) is 7.00. The monoisotopic (exact) mass is 152 g/mol. The molecule has 0 saturated carbocycles. The molecule has 0 amide bonds. The van der Waals surface area contributed by atoms with Gasteiger partial charge in [-0.2, -0.15) is 0 Å². The summed E-state index contributed by atoms with van der Waals surface area (Å²) in [4.78, 5) is 2.00. The molecule has 0 saturated heterocycles. The van der Waals surface area contributed by atoms with E-state index in [0.717, 1.165) is 7.11 Å². The summed E-state index contributed by atoms with van der Waals surface area (Å²) in [7, 11) is 1.00. The molecule has 0 aliphatic heterocycles. The summed E-state index contributed by atoms with van der Waals surface area (Å²) in [5.74, 6) is 0. The molecule has 2 aliphatic rings. The van der Waals surface area contributed by atoms with Crippen LogP contribution in [0.4, 0.5) is 0 Å². The fourth-order valence-electron chi connectivity index (χ4n) is 0.663. The number of aliphatic hydroxyl groups is 1. The van der Waals surface area contributed by atoms with Crippen molar-refractivity contribution >= 4 is 0 Å². The van der Waals surface area contributed by atoms with Crippen LogP contribution in [0.2, 0.25) is 0 Å². The lowest BCUT2D eigenvalue weighted by atomic mass is 9.95. The molecule has 3 N–H and O–H groups in total. The van der Waals surface area contributed by atoms with Crippen LogP contribution in [0, 0.1) is 11.1 Å². The normalized spacial score (nSPS) is 7.45. The number of nitrogens with one attached hydrogen (secondary N) is 2. The quantitative estimate of drug-likeness (QED) is 0.387. The van der Waals surface area contributed by atoms with E-state index in [0.29, 0.717) is 0 Å². The predicted molar refractivity (Wildman–Crippen MR) is 41.2 cm³/mol. The number of rotatable bonds is 0. The van der Waals surface area contributed by atoms with Crippen LogP contribution < -0.4 is 4.91 Å². The Labute approximate surface area is 64.5 Å². The summed E-state index contributed by atoms with van der Waals surface area (Å²) in [6.07, 6.45) is 0. The van der Waals surface area contributed by atoms with E-state index in [9.17, 15) is 0 Å². The zero-order valence-electron chi connectivity index (χ0n) is 6.20. The van der Waals surface area contributed by atoms with Gasteiger partial charge in [0.1, 0.15) is 11.1 Å². The van der Waals surface area contributed by atoms with E-state index in [1.54, 1.807) is 0 Å². The van der Waals surface area contributed by atoms with Gasteiger partial charge in [0.2, 0.25) is 4.91 Å². The van der Waals surface area contributed by atoms with Gasteiger partial charge in [0.05, 0.1) is 0 Å². The minimum Gasteiger partial charge on any atom is -0.400 e. The van der Waals surface area contributed by atoms with E-state index in [1.165, 1.54) is 11.1 Å². The van der Waals surface area contributed by atoms with Gasteiger partial charge in [-0.05, 0) is 11.1 Å². The van der Waals surface area contributed by atoms with E-state index < -0.39 is 0 Å². The molecule has 0 aromatic heterocycles. The molecule has 2 aliphatic carbocycles. The molecular formula is C7H10N3O+. The molecule has 0 aromatic carbocycles. The molecule has 0 radical (unpaired) electrons. The van der Waals surface area contributed by atoms with E-state index >= 15 is 0 Å². The Balaban J connectivity index is 0.000000176. The van der Waals surface area contributed by atoms with Crippen LogP contribution in [0.3, 0.4) is 0 Å². The first-order chi connectivity index (χ1) is 5.38. The third kappa shape index (κ3) is 2.29. The summed E-state index contributed by atoms with van der Waals surface area (Å²) in [6.45, 7) is 0. The third-order valence-corrected chi connectivity index (χ3v) is 1.22. The second kappa shape index (κ2) is 5.29.